The molecule has 10 heteroatoms. The summed E-state index contributed by atoms with van der Waals surface area (Å²) in [6, 6.07) is 0. The van der Waals surface area contributed by atoms with Gasteiger partial charge in [0.15, 0.2) is 6.29 Å². The summed E-state index contributed by atoms with van der Waals surface area (Å²) in [7, 11) is 0. The summed E-state index contributed by atoms with van der Waals surface area (Å²) in [6.07, 6.45) is 3.15. The van der Waals surface area contributed by atoms with Crippen LogP contribution < -0.4 is 0 Å². The zero-order valence-corrected chi connectivity index (χ0v) is 20.5. The van der Waals surface area contributed by atoms with E-state index in [1.807, 2.05) is 6.08 Å². The van der Waals surface area contributed by atoms with Crippen LogP contribution in [-0.4, -0.2) is 93.9 Å². The summed E-state index contributed by atoms with van der Waals surface area (Å²) in [5.41, 5.74) is 0. The fraction of sp³-hybridized carbons (Fsp3) is 0.840. The Kier molecular flexibility index (Phi) is 13.3. The Balaban J connectivity index is 1.55. The number of hydrogen-bond donors (Lipinski definition) is 5. The van der Waals surface area contributed by atoms with Gasteiger partial charge in [-0.05, 0) is 19.3 Å². The third-order valence-corrected chi connectivity index (χ3v) is 6.67. The monoisotopic (exact) mass is 502 g/mol. The maximum absolute atomic E-state index is 12.2. The Morgan fingerprint density at radius 3 is 2.51 bits per heavy atom. The first-order valence-electron chi connectivity index (χ1n) is 12.7. The summed E-state index contributed by atoms with van der Waals surface area (Å²) >= 11 is 0. The highest BCUT2D eigenvalue weighted by Gasteiger charge is 2.44. The number of carbonyl (C=O) groups excluding carboxylic acids is 2. The van der Waals surface area contributed by atoms with Crippen molar-refractivity contribution in [3.63, 3.8) is 0 Å². The molecule has 5 N–H and O–H groups in total. The van der Waals surface area contributed by atoms with Crippen LogP contribution in [0.15, 0.2) is 12.2 Å². The van der Waals surface area contributed by atoms with Gasteiger partial charge >= 0.3 is 5.97 Å². The lowest BCUT2D eigenvalue weighted by atomic mass is 9.88. The van der Waals surface area contributed by atoms with Gasteiger partial charge in [-0.1, -0.05) is 44.8 Å². The number of rotatable bonds is 15. The Bertz CT molecular complexity index is 667. The number of ketones is 1. The van der Waals surface area contributed by atoms with Crippen LogP contribution in [-0.2, 0) is 23.8 Å². The van der Waals surface area contributed by atoms with Gasteiger partial charge in [0.2, 0.25) is 0 Å². The first kappa shape index (κ1) is 29.8. The van der Waals surface area contributed by atoms with Gasteiger partial charge in [-0.15, -0.1) is 0 Å². The number of esters is 1. The van der Waals surface area contributed by atoms with Crippen LogP contribution in [0.1, 0.15) is 64.7 Å². The largest absolute Gasteiger partial charge is 0.463 e. The molecule has 2 aliphatic rings. The topological polar surface area (TPSA) is 163 Å². The zero-order valence-electron chi connectivity index (χ0n) is 20.5. The lowest BCUT2D eigenvalue weighted by Crippen LogP contribution is -2.59. The van der Waals surface area contributed by atoms with E-state index in [0.29, 0.717) is 6.42 Å². The molecule has 1 saturated carbocycles. The average molecular weight is 503 g/mol. The Morgan fingerprint density at radius 1 is 1.06 bits per heavy atom. The number of unbranched alkanes of at least 4 members (excludes halogenated alkanes) is 4. The lowest BCUT2D eigenvalue weighted by molar-refractivity contribution is -0.302. The molecule has 35 heavy (non-hydrogen) atoms. The van der Waals surface area contributed by atoms with Crippen molar-refractivity contribution >= 4 is 11.8 Å². The third-order valence-electron chi connectivity index (χ3n) is 6.67. The predicted molar refractivity (Wildman–Crippen MR) is 125 cm³/mol. The molecule has 1 aliphatic carbocycles. The maximum atomic E-state index is 12.2. The number of hydrogen-bond acceptors (Lipinski definition) is 10. The van der Waals surface area contributed by atoms with Gasteiger partial charge in [-0.2, -0.15) is 0 Å². The predicted octanol–water partition coefficient (Wildman–Crippen LogP) is 0.609. The minimum absolute atomic E-state index is 0.0626. The minimum atomic E-state index is -1.52. The summed E-state index contributed by atoms with van der Waals surface area (Å²) in [4.78, 5) is 24.1. The lowest BCUT2D eigenvalue weighted by Gasteiger charge is -2.39. The van der Waals surface area contributed by atoms with Gasteiger partial charge in [0, 0.05) is 24.7 Å². The van der Waals surface area contributed by atoms with Gasteiger partial charge in [0.05, 0.1) is 19.3 Å². The standard InChI is InChI=1S/C25H42O10/c1-2-3-6-9-16-17(19(28)14-18(16)27)10-7-4-5-8-11-21(29)33-12-13-34-25-24(32)23(31)22(30)20(15-26)35-25/h6,9,16-18,20,22-27,30-32H,2-5,7-8,10-15H2,1H3/b9-6+/t16?,17?,18?,20-,22-,23+,24-,25?/m1/s1. The molecule has 1 heterocycles. The molecule has 0 aromatic rings. The van der Waals surface area contributed by atoms with Crippen molar-refractivity contribution in [2.45, 2.75) is 102 Å². The first-order chi connectivity index (χ1) is 16.8. The van der Waals surface area contributed by atoms with Gasteiger partial charge in [0.25, 0.3) is 0 Å². The van der Waals surface area contributed by atoms with Crippen LogP contribution in [0, 0.1) is 11.8 Å². The highest BCUT2D eigenvalue weighted by atomic mass is 16.7. The Labute approximate surface area is 206 Å². The molecule has 0 radical (unpaired) electrons. The second-order valence-corrected chi connectivity index (χ2v) is 9.38. The molecule has 0 amide bonds. The van der Waals surface area contributed by atoms with E-state index in [4.69, 9.17) is 19.3 Å². The number of aliphatic hydroxyl groups is 5. The highest BCUT2D eigenvalue weighted by Crippen LogP contribution is 2.34. The molecule has 0 spiro atoms. The van der Waals surface area contributed by atoms with Crippen molar-refractivity contribution in [3.05, 3.63) is 12.2 Å². The van der Waals surface area contributed by atoms with Crippen molar-refractivity contribution < 1.29 is 49.3 Å². The average Bonchev–Trinajstić information content (AvgIpc) is 3.10. The van der Waals surface area contributed by atoms with Crippen molar-refractivity contribution in [1.82, 2.24) is 0 Å². The Hall–Kier alpha value is -1.40. The molecule has 0 bridgehead atoms. The van der Waals surface area contributed by atoms with E-state index in [9.17, 15) is 30.0 Å². The van der Waals surface area contributed by atoms with Crippen LogP contribution in [0.5, 0.6) is 0 Å². The van der Waals surface area contributed by atoms with Gasteiger partial charge in [-0.25, -0.2) is 0 Å². The van der Waals surface area contributed by atoms with Crippen LogP contribution in [0.3, 0.4) is 0 Å². The van der Waals surface area contributed by atoms with Crippen molar-refractivity contribution in [2.24, 2.45) is 11.8 Å². The summed E-state index contributed by atoms with van der Waals surface area (Å²) in [6.45, 7) is 1.40. The molecule has 4 unspecified atom stereocenters. The number of allylic oxidation sites excluding steroid dienone is 1. The number of Topliss-reactive ketones (excluding diaryl/α,β-unsaturated/α-hetero) is 1. The van der Waals surface area contributed by atoms with E-state index < -0.39 is 43.4 Å². The van der Waals surface area contributed by atoms with E-state index >= 15 is 0 Å². The van der Waals surface area contributed by atoms with E-state index in [-0.39, 0.29) is 49.6 Å². The normalized spacial score (nSPS) is 33.5. The third kappa shape index (κ3) is 9.20. The van der Waals surface area contributed by atoms with E-state index in [0.717, 1.165) is 38.5 Å². The van der Waals surface area contributed by atoms with Gasteiger partial charge < -0.3 is 39.7 Å². The first-order valence-corrected chi connectivity index (χ1v) is 12.7. The minimum Gasteiger partial charge on any atom is -0.463 e. The summed E-state index contributed by atoms with van der Waals surface area (Å²) < 4.78 is 15.6. The Morgan fingerprint density at radius 2 is 1.80 bits per heavy atom. The van der Waals surface area contributed by atoms with Crippen LogP contribution in [0.4, 0.5) is 0 Å². The molecule has 8 atom stereocenters. The molecule has 2 fully saturated rings. The zero-order chi connectivity index (χ0) is 25.8. The molecule has 202 valence electrons. The molecule has 2 rings (SSSR count). The summed E-state index contributed by atoms with van der Waals surface area (Å²) in [5.74, 6) is -0.447. The van der Waals surface area contributed by atoms with Crippen LogP contribution >= 0.6 is 0 Å². The number of aliphatic hydroxyl groups excluding tert-OH is 5. The van der Waals surface area contributed by atoms with Crippen molar-refractivity contribution in [1.29, 1.82) is 0 Å². The quantitative estimate of drug-likeness (QED) is 0.122. The van der Waals surface area contributed by atoms with Crippen LogP contribution in [0.25, 0.3) is 0 Å². The van der Waals surface area contributed by atoms with Crippen molar-refractivity contribution in [3.8, 4) is 0 Å². The SMILES string of the molecule is CCC/C=C/C1C(O)CC(=O)C1CCCCCCC(=O)OCCOC1O[C@H](CO)[C@@H](O)[C@H](O)[C@H]1O. The highest BCUT2D eigenvalue weighted by molar-refractivity contribution is 5.84. The molecular formula is C25H42O10. The second kappa shape index (κ2) is 15.7. The molecular weight excluding hydrogens is 460 g/mol. The fourth-order valence-electron chi connectivity index (χ4n) is 4.60. The molecule has 1 saturated heterocycles. The fourth-order valence-corrected chi connectivity index (χ4v) is 4.60. The molecule has 0 aromatic carbocycles. The van der Waals surface area contributed by atoms with E-state index in [1.54, 1.807) is 0 Å². The van der Waals surface area contributed by atoms with Crippen molar-refractivity contribution in [2.75, 3.05) is 19.8 Å². The molecule has 10 nitrogen and oxygen atoms in total. The molecule has 0 aromatic heterocycles. The smallest absolute Gasteiger partial charge is 0.305 e. The summed E-state index contributed by atoms with van der Waals surface area (Å²) in [5, 5.41) is 48.7. The maximum Gasteiger partial charge on any atom is 0.305 e. The van der Waals surface area contributed by atoms with Crippen LogP contribution in [0.2, 0.25) is 0 Å². The van der Waals surface area contributed by atoms with E-state index in [1.165, 1.54) is 0 Å². The van der Waals surface area contributed by atoms with E-state index in [2.05, 4.69) is 13.0 Å². The van der Waals surface area contributed by atoms with Gasteiger partial charge in [0.1, 0.15) is 36.8 Å². The number of carbonyl (C=O) groups is 2. The molecule has 1 aliphatic heterocycles. The second-order valence-electron chi connectivity index (χ2n) is 9.38. The number of ether oxygens (including phenoxy) is 3. The van der Waals surface area contributed by atoms with Gasteiger partial charge in [-0.3, -0.25) is 9.59 Å².